The van der Waals surface area contributed by atoms with Crippen LogP contribution in [0.15, 0.2) is 18.2 Å². The van der Waals surface area contributed by atoms with Crippen LogP contribution in [-0.2, 0) is 0 Å². The molecule has 0 atom stereocenters. The van der Waals surface area contributed by atoms with Gasteiger partial charge in [0.15, 0.2) is 0 Å². The minimum atomic E-state index is 0.0423. The predicted molar refractivity (Wildman–Crippen MR) is 81.8 cm³/mol. The lowest BCUT2D eigenvalue weighted by Gasteiger charge is -2.31. The maximum atomic E-state index is 12.9. The summed E-state index contributed by atoms with van der Waals surface area (Å²) in [6.07, 6.45) is 2.13. The smallest absolute Gasteiger partial charge is 0.274 e. The van der Waals surface area contributed by atoms with Gasteiger partial charge in [-0.05, 0) is 42.6 Å². The molecule has 3 aliphatic rings. The van der Waals surface area contributed by atoms with Crippen molar-refractivity contribution >= 4 is 27.5 Å². The Morgan fingerprint density at radius 3 is 2.86 bits per heavy atom. The second-order valence-corrected chi connectivity index (χ2v) is 6.59. The van der Waals surface area contributed by atoms with Gasteiger partial charge in [0.2, 0.25) is 0 Å². The third kappa shape index (κ3) is 2.18. The van der Waals surface area contributed by atoms with Crippen molar-refractivity contribution in [3.8, 4) is 5.75 Å². The molecule has 2 aromatic rings. The van der Waals surface area contributed by atoms with Gasteiger partial charge >= 0.3 is 0 Å². The van der Waals surface area contributed by atoms with Crippen LogP contribution in [0.5, 0.6) is 5.75 Å². The lowest BCUT2D eigenvalue weighted by atomic mass is 10.0. The summed E-state index contributed by atoms with van der Waals surface area (Å²) in [5.74, 6) is 0.257. The van der Waals surface area contributed by atoms with Crippen LogP contribution in [0.2, 0.25) is 0 Å². The topological polar surface area (TPSA) is 56.7 Å². The van der Waals surface area contributed by atoms with Gasteiger partial charge in [0.1, 0.15) is 11.4 Å². The number of aromatic hydroxyl groups is 1. The Labute approximate surface area is 126 Å². The third-order valence-electron chi connectivity index (χ3n) is 4.57. The molecule has 4 heterocycles. The number of hydrogen-bond donors (Lipinski definition) is 1. The first kappa shape index (κ1) is 13.0. The second-order valence-electron chi connectivity index (χ2n) is 5.78. The Bertz CT molecular complexity index is 691. The average molecular weight is 303 g/mol. The number of phenolic OH excluding ortho intramolecular Hbond substituents is 1. The van der Waals surface area contributed by atoms with Gasteiger partial charge < -0.3 is 14.9 Å². The van der Waals surface area contributed by atoms with E-state index in [0.29, 0.717) is 11.7 Å². The molecule has 1 aromatic heterocycles. The molecule has 2 bridgehead atoms. The molecule has 0 unspecified atom stereocenters. The highest BCUT2D eigenvalue weighted by Gasteiger charge is 2.33. The molecular formula is C15H17N3O2S. The standard InChI is InChI=1S/C15H17N3O2S/c19-11-1-2-12-13(9-11)21-16-14(12)15(20)18-8-7-17-5-3-10(18)4-6-17/h1-2,9-10,19H,3-8H2. The molecule has 0 saturated carbocycles. The van der Waals surface area contributed by atoms with E-state index in [-0.39, 0.29) is 11.7 Å². The summed E-state index contributed by atoms with van der Waals surface area (Å²) in [7, 11) is 0. The molecule has 1 amide bonds. The van der Waals surface area contributed by atoms with Gasteiger partial charge in [0.25, 0.3) is 5.91 Å². The molecule has 3 aliphatic heterocycles. The number of carbonyl (C=O) groups is 1. The van der Waals surface area contributed by atoms with Gasteiger partial charge in [-0.2, -0.15) is 4.37 Å². The van der Waals surface area contributed by atoms with E-state index in [1.807, 2.05) is 4.90 Å². The average Bonchev–Trinajstić information content (AvgIpc) is 2.68. The molecule has 0 radical (unpaired) electrons. The van der Waals surface area contributed by atoms with Crippen molar-refractivity contribution in [1.82, 2.24) is 14.2 Å². The van der Waals surface area contributed by atoms with Gasteiger partial charge in [-0.25, -0.2) is 0 Å². The highest BCUT2D eigenvalue weighted by Crippen LogP contribution is 2.29. The van der Waals surface area contributed by atoms with Crippen LogP contribution in [0.4, 0.5) is 0 Å². The largest absolute Gasteiger partial charge is 0.508 e. The Morgan fingerprint density at radius 2 is 2.05 bits per heavy atom. The molecule has 1 aromatic carbocycles. The summed E-state index contributed by atoms with van der Waals surface area (Å²) in [5.41, 5.74) is 0.537. The number of fused-ring (bicyclic) bond motifs is 5. The van der Waals surface area contributed by atoms with Crippen molar-refractivity contribution in [2.24, 2.45) is 0 Å². The predicted octanol–water partition coefficient (Wildman–Crippen LogP) is 1.92. The number of carbonyl (C=O) groups excluding carboxylic acids is 1. The Morgan fingerprint density at radius 1 is 1.24 bits per heavy atom. The maximum Gasteiger partial charge on any atom is 0.274 e. The SMILES string of the molecule is O=C(c1nsc2cc(O)ccc12)N1CCN2CCC1CC2. The van der Waals surface area contributed by atoms with Gasteiger partial charge in [0, 0.05) is 37.6 Å². The summed E-state index contributed by atoms with van der Waals surface area (Å²) in [5, 5.41) is 10.4. The van der Waals surface area contributed by atoms with Crippen molar-refractivity contribution in [2.75, 3.05) is 26.2 Å². The second kappa shape index (κ2) is 4.96. The van der Waals surface area contributed by atoms with E-state index in [9.17, 15) is 9.90 Å². The van der Waals surface area contributed by atoms with Gasteiger partial charge in [-0.15, -0.1) is 0 Å². The Balaban J connectivity index is 1.69. The van der Waals surface area contributed by atoms with E-state index in [1.54, 1.807) is 18.2 Å². The lowest BCUT2D eigenvalue weighted by molar-refractivity contribution is 0.0682. The van der Waals surface area contributed by atoms with Crippen LogP contribution in [0.25, 0.3) is 10.1 Å². The van der Waals surface area contributed by atoms with Crippen molar-refractivity contribution in [1.29, 1.82) is 0 Å². The number of amides is 1. The molecule has 21 heavy (non-hydrogen) atoms. The molecule has 0 aliphatic carbocycles. The number of piperidine rings is 1. The normalized spacial score (nSPS) is 25.2. The zero-order valence-corrected chi connectivity index (χ0v) is 12.5. The Hall–Kier alpha value is -1.66. The van der Waals surface area contributed by atoms with Gasteiger partial charge in [0.05, 0.1) is 4.70 Å². The van der Waals surface area contributed by atoms with Crippen molar-refractivity contribution in [3.05, 3.63) is 23.9 Å². The maximum absolute atomic E-state index is 12.9. The quantitative estimate of drug-likeness (QED) is 0.874. The molecule has 0 spiro atoms. The number of hydrogen-bond acceptors (Lipinski definition) is 5. The van der Waals surface area contributed by atoms with Crippen molar-refractivity contribution in [3.63, 3.8) is 0 Å². The van der Waals surface area contributed by atoms with Gasteiger partial charge in [-0.3, -0.25) is 4.79 Å². The highest BCUT2D eigenvalue weighted by molar-refractivity contribution is 7.13. The summed E-state index contributed by atoms with van der Waals surface area (Å²) >= 11 is 1.28. The van der Waals surface area contributed by atoms with Crippen LogP contribution >= 0.6 is 11.5 Å². The van der Waals surface area contributed by atoms with E-state index >= 15 is 0 Å². The van der Waals surface area contributed by atoms with Crippen molar-refractivity contribution < 1.29 is 9.90 Å². The molecular weight excluding hydrogens is 286 g/mol. The minimum Gasteiger partial charge on any atom is -0.508 e. The van der Waals surface area contributed by atoms with Crippen LogP contribution in [-0.4, -0.2) is 57.4 Å². The number of benzene rings is 1. The summed E-state index contributed by atoms with van der Waals surface area (Å²) in [6.45, 7) is 3.95. The fourth-order valence-corrected chi connectivity index (χ4v) is 4.17. The monoisotopic (exact) mass is 303 g/mol. The molecule has 3 saturated heterocycles. The third-order valence-corrected chi connectivity index (χ3v) is 5.38. The summed E-state index contributed by atoms with van der Waals surface area (Å²) in [6, 6.07) is 5.43. The first-order valence-corrected chi connectivity index (χ1v) is 8.11. The van der Waals surface area contributed by atoms with Crippen molar-refractivity contribution in [2.45, 2.75) is 18.9 Å². The zero-order valence-electron chi connectivity index (χ0n) is 11.7. The zero-order chi connectivity index (χ0) is 14.4. The first-order valence-electron chi connectivity index (χ1n) is 7.34. The number of phenols is 1. The van der Waals surface area contributed by atoms with E-state index in [0.717, 1.165) is 49.1 Å². The summed E-state index contributed by atoms with van der Waals surface area (Å²) < 4.78 is 5.21. The summed E-state index contributed by atoms with van der Waals surface area (Å²) in [4.78, 5) is 17.3. The molecule has 3 fully saturated rings. The van der Waals surface area contributed by atoms with Gasteiger partial charge in [-0.1, -0.05) is 0 Å². The van der Waals surface area contributed by atoms with Crippen LogP contribution in [0, 0.1) is 0 Å². The lowest BCUT2D eigenvalue weighted by Crippen LogP contribution is -2.41. The van der Waals surface area contributed by atoms with Crippen LogP contribution < -0.4 is 0 Å². The Kier molecular flexibility index (Phi) is 3.08. The molecule has 5 nitrogen and oxygen atoms in total. The number of rotatable bonds is 1. The van der Waals surface area contributed by atoms with E-state index in [4.69, 9.17) is 0 Å². The number of aromatic nitrogens is 1. The fraction of sp³-hybridized carbons (Fsp3) is 0.467. The molecule has 1 N–H and O–H groups in total. The fourth-order valence-electron chi connectivity index (χ4n) is 3.37. The first-order chi connectivity index (χ1) is 10.2. The van der Waals surface area contributed by atoms with E-state index in [1.165, 1.54) is 11.5 Å². The van der Waals surface area contributed by atoms with E-state index in [2.05, 4.69) is 9.27 Å². The molecule has 5 rings (SSSR count). The van der Waals surface area contributed by atoms with E-state index < -0.39 is 0 Å². The number of nitrogens with zero attached hydrogens (tertiary/aromatic N) is 3. The van der Waals surface area contributed by atoms with Crippen LogP contribution in [0.1, 0.15) is 23.3 Å². The molecule has 110 valence electrons. The highest BCUT2D eigenvalue weighted by atomic mass is 32.1. The minimum absolute atomic E-state index is 0.0423. The van der Waals surface area contributed by atoms with Crippen LogP contribution in [0.3, 0.4) is 0 Å². The molecule has 6 heteroatoms.